The topological polar surface area (TPSA) is 82.2 Å². The Hall–Kier alpha value is -2.60. The summed E-state index contributed by atoms with van der Waals surface area (Å²) in [5.41, 5.74) is 3.08. The molecule has 0 bridgehead atoms. The maximum atomic E-state index is 12.6. The molecule has 134 valence electrons. The number of H-pyrrole nitrogens is 1. The van der Waals surface area contributed by atoms with Gasteiger partial charge in [0.15, 0.2) is 0 Å². The molecule has 6 heteroatoms. The van der Waals surface area contributed by atoms with Crippen LogP contribution in [0, 0.1) is 5.92 Å². The molecule has 26 heavy (non-hydrogen) atoms. The van der Waals surface area contributed by atoms with Crippen molar-refractivity contribution in [2.45, 2.75) is 32.6 Å². The number of fused-ring (bicyclic) bond motifs is 2. The van der Waals surface area contributed by atoms with Crippen LogP contribution in [0.5, 0.6) is 0 Å². The lowest BCUT2D eigenvalue weighted by Gasteiger charge is -2.17. The van der Waals surface area contributed by atoms with E-state index in [2.05, 4.69) is 17.2 Å². The Morgan fingerprint density at radius 1 is 1.35 bits per heavy atom. The zero-order valence-corrected chi connectivity index (χ0v) is 15.3. The summed E-state index contributed by atoms with van der Waals surface area (Å²) in [4.78, 5) is 28.6. The van der Waals surface area contributed by atoms with Gasteiger partial charge in [-0.3, -0.25) is 4.79 Å². The van der Waals surface area contributed by atoms with Gasteiger partial charge in [-0.2, -0.15) is 0 Å². The number of aromatic carboxylic acids is 1. The molecule has 0 spiro atoms. The van der Waals surface area contributed by atoms with Crippen LogP contribution in [0.2, 0.25) is 0 Å². The summed E-state index contributed by atoms with van der Waals surface area (Å²) in [5.74, 6) is -0.596. The average Bonchev–Trinajstić information content (AvgIpc) is 3.15. The fourth-order valence-electron chi connectivity index (χ4n) is 3.69. The van der Waals surface area contributed by atoms with E-state index in [1.165, 1.54) is 11.3 Å². The minimum Gasteiger partial charge on any atom is -0.478 e. The van der Waals surface area contributed by atoms with Crippen LogP contribution in [0.25, 0.3) is 10.9 Å². The average molecular weight is 368 g/mol. The number of benzene rings is 1. The van der Waals surface area contributed by atoms with Gasteiger partial charge in [-0.25, -0.2) is 4.79 Å². The number of carbonyl (C=O) groups excluding carboxylic acids is 1. The number of carboxylic acids is 1. The Kier molecular flexibility index (Phi) is 4.28. The molecule has 1 aromatic carbocycles. The van der Waals surface area contributed by atoms with Crippen molar-refractivity contribution < 1.29 is 14.7 Å². The van der Waals surface area contributed by atoms with Crippen molar-refractivity contribution in [1.82, 2.24) is 4.98 Å². The highest BCUT2D eigenvalue weighted by atomic mass is 32.1. The summed E-state index contributed by atoms with van der Waals surface area (Å²) in [6.45, 7) is 2.18. The van der Waals surface area contributed by atoms with Gasteiger partial charge in [0.25, 0.3) is 0 Å². The fraction of sp³-hybridized carbons (Fsp3) is 0.300. The van der Waals surface area contributed by atoms with E-state index in [1.54, 1.807) is 0 Å². The van der Waals surface area contributed by atoms with Gasteiger partial charge in [0, 0.05) is 22.0 Å². The van der Waals surface area contributed by atoms with E-state index < -0.39 is 5.97 Å². The number of hydrogen-bond acceptors (Lipinski definition) is 3. The third kappa shape index (κ3) is 3.01. The zero-order chi connectivity index (χ0) is 18.3. The first-order valence-electron chi connectivity index (χ1n) is 8.75. The molecular weight excluding hydrogens is 348 g/mol. The van der Waals surface area contributed by atoms with E-state index in [9.17, 15) is 14.7 Å². The molecule has 1 aliphatic carbocycles. The lowest BCUT2D eigenvalue weighted by Crippen LogP contribution is -2.16. The van der Waals surface area contributed by atoms with Gasteiger partial charge in [0.2, 0.25) is 5.91 Å². The van der Waals surface area contributed by atoms with Gasteiger partial charge in [0.05, 0.1) is 12.0 Å². The number of carboxylic acid groups (broad SMARTS) is 1. The van der Waals surface area contributed by atoms with Crippen LogP contribution < -0.4 is 5.32 Å². The van der Waals surface area contributed by atoms with Crippen molar-refractivity contribution in [3.05, 3.63) is 52.0 Å². The highest BCUT2D eigenvalue weighted by molar-refractivity contribution is 7.17. The summed E-state index contributed by atoms with van der Waals surface area (Å²) in [6, 6.07) is 7.82. The Balaban J connectivity index is 1.59. The normalized spacial score (nSPS) is 16.4. The zero-order valence-electron chi connectivity index (χ0n) is 14.5. The second-order valence-electron chi connectivity index (χ2n) is 6.95. The number of aromatic amines is 1. The molecule has 2 heterocycles. The molecular formula is C20H20N2O3S. The van der Waals surface area contributed by atoms with Crippen LogP contribution in [0.15, 0.2) is 30.5 Å². The van der Waals surface area contributed by atoms with E-state index >= 15 is 0 Å². The number of nitrogens with one attached hydrogen (secondary N) is 2. The molecule has 3 N–H and O–H groups in total. The van der Waals surface area contributed by atoms with Crippen LogP contribution in [0.4, 0.5) is 5.00 Å². The number of thiophene rings is 1. The van der Waals surface area contributed by atoms with E-state index in [0.29, 0.717) is 10.9 Å². The first-order valence-corrected chi connectivity index (χ1v) is 9.57. The molecule has 0 fully saturated rings. The molecule has 0 saturated heterocycles. The fourth-order valence-corrected chi connectivity index (χ4v) is 5.11. The molecule has 0 saturated carbocycles. The van der Waals surface area contributed by atoms with E-state index in [4.69, 9.17) is 0 Å². The molecule has 0 aliphatic heterocycles. The molecule has 1 atom stereocenters. The van der Waals surface area contributed by atoms with Crippen LogP contribution in [-0.4, -0.2) is 22.0 Å². The number of rotatable bonds is 4. The van der Waals surface area contributed by atoms with E-state index in [1.807, 2.05) is 30.5 Å². The van der Waals surface area contributed by atoms with Crippen molar-refractivity contribution in [2.75, 3.05) is 5.32 Å². The van der Waals surface area contributed by atoms with Gasteiger partial charge < -0.3 is 15.4 Å². The van der Waals surface area contributed by atoms with Gasteiger partial charge in [-0.05, 0) is 42.4 Å². The van der Waals surface area contributed by atoms with E-state index in [-0.39, 0.29) is 17.9 Å². The third-order valence-electron chi connectivity index (χ3n) is 5.00. The molecule has 3 aromatic rings. The standard InChI is InChI=1S/C20H20N2O3S/c1-11-6-7-14-16(8-11)26-19(18(14)20(24)25)22-17(23)9-12-10-21-15-5-3-2-4-13(12)15/h2-5,10-11,21H,6-9H2,1H3,(H,22,23)(H,24,25). The Morgan fingerprint density at radius 3 is 2.96 bits per heavy atom. The molecule has 0 radical (unpaired) electrons. The lowest BCUT2D eigenvalue weighted by atomic mass is 9.88. The second-order valence-corrected chi connectivity index (χ2v) is 8.05. The van der Waals surface area contributed by atoms with Crippen molar-refractivity contribution in [3.63, 3.8) is 0 Å². The Bertz CT molecular complexity index is 1000. The predicted octanol–water partition coefficient (Wildman–Crippen LogP) is 4.23. The summed E-state index contributed by atoms with van der Waals surface area (Å²) in [7, 11) is 0. The lowest BCUT2D eigenvalue weighted by molar-refractivity contribution is -0.115. The van der Waals surface area contributed by atoms with Crippen LogP contribution in [0.3, 0.4) is 0 Å². The second kappa shape index (κ2) is 6.61. The summed E-state index contributed by atoms with van der Waals surface area (Å²) < 4.78 is 0. The predicted molar refractivity (Wildman–Crippen MR) is 103 cm³/mol. The minimum atomic E-state index is -0.959. The SMILES string of the molecule is CC1CCc2c(sc(NC(=O)Cc3c[nH]c4ccccc34)c2C(=O)O)C1. The number of para-hydroxylation sites is 1. The Labute approximate surface area is 155 Å². The molecule has 1 aliphatic rings. The van der Waals surface area contributed by atoms with Crippen molar-refractivity contribution in [3.8, 4) is 0 Å². The molecule has 1 amide bonds. The number of carbonyl (C=O) groups is 2. The van der Waals surface area contributed by atoms with Gasteiger partial charge in [-0.15, -0.1) is 11.3 Å². The van der Waals surface area contributed by atoms with Crippen molar-refractivity contribution in [1.29, 1.82) is 0 Å². The van der Waals surface area contributed by atoms with Gasteiger partial charge >= 0.3 is 5.97 Å². The first kappa shape index (κ1) is 16.8. The smallest absolute Gasteiger partial charge is 0.339 e. The van der Waals surface area contributed by atoms with Crippen LogP contribution >= 0.6 is 11.3 Å². The van der Waals surface area contributed by atoms with E-state index in [0.717, 1.165) is 46.2 Å². The monoisotopic (exact) mass is 368 g/mol. The van der Waals surface area contributed by atoms with Crippen molar-refractivity contribution >= 4 is 39.1 Å². The number of hydrogen-bond donors (Lipinski definition) is 3. The van der Waals surface area contributed by atoms with Gasteiger partial charge in [-0.1, -0.05) is 25.1 Å². The highest BCUT2D eigenvalue weighted by Crippen LogP contribution is 2.39. The van der Waals surface area contributed by atoms with Crippen LogP contribution in [-0.2, 0) is 24.1 Å². The van der Waals surface area contributed by atoms with Crippen molar-refractivity contribution in [2.24, 2.45) is 5.92 Å². The summed E-state index contributed by atoms with van der Waals surface area (Å²) >= 11 is 1.42. The van der Waals surface area contributed by atoms with Crippen LogP contribution in [0.1, 0.15) is 39.7 Å². The molecule has 5 nitrogen and oxygen atoms in total. The summed E-state index contributed by atoms with van der Waals surface area (Å²) in [6.07, 6.45) is 4.70. The quantitative estimate of drug-likeness (QED) is 0.644. The first-order chi connectivity index (χ1) is 12.5. The number of amides is 1. The summed E-state index contributed by atoms with van der Waals surface area (Å²) in [5, 5.41) is 14.0. The largest absolute Gasteiger partial charge is 0.478 e. The minimum absolute atomic E-state index is 0.191. The molecule has 1 unspecified atom stereocenters. The molecule has 2 aromatic heterocycles. The number of anilines is 1. The third-order valence-corrected chi connectivity index (χ3v) is 6.17. The number of aromatic nitrogens is 1. The van der Waals surface area contributed by atoms with Gasteiger partial charge in [0.1, 0.15) is 5.00 Å². The molecule has 4 rings (SSSR count). The maximum Gasteiger partial charge on any atom is 0.339 e. The highest BCUT2D eigenvalue weighted by Gasteiger charge is 2.28. The Morgan fingerprint density at radius 2 is 2.15 bits per heavy atom. The maximum absolute atomic E-state index is 12.6.